The number of benzene rings is 9. The minimum absolute atomic E-state index is 1.10. The molecule has 0 saturated carbocycles. The average molecular weight is 737 g/mol. The van der Waals surface area contributed by atoms with Crippen molar-refractivity contribution in [1.29, 1.82) is 0 Å². The monoisotopic (exact) mass is 736 g/mol. The standard InChI is InChI=1S/C56H36N2/c1-36-44-21-11-12-22-46(44)49-35-43(27-28-45(36)49)58-52-24-14-13-23-47(52)50-31-39(25-29-53(50)58)40-26-30-54-51(32-40)56-48(38-17-7-3-8-18-38)33-41(37-15-5-2-6-16-37)34-55(56)57(54)42-19-9-4-10-20-42/h2-35H,1H2. The zero-order chi connectivity index (χ0) is 38.3. The van der Waals surface area contributed by atoms with Crippen molar-refractivity contribution in [2.75, 3.05) is 0 Å². The largest absolute Gasteiger partial charge is 0.309 e. The number of hydrogen-bond donors (Lipinski definition) is 0. The normalized spacial score (nSPS) is 12.2. The fraction of sp³-hybridized carbons (Fsp3) is 0. The Morgan fingerprint density at radius 1 is 0.276 bits per heavy atom. The molecule has 2 aromatic heterocycles. The van der Waals surface area contributed by atoms with E-state index in [1.54, 1.807) is 0 Å². The first-order chi connectivity index (χ1) is 28.7. The van der Waals surface area contributed by atoms with Crippen molar-refractivity contribution in [3.05, 3.63) is 224 Å². The predicted octanol–water partition coefficient (Wildman–Crippen LogP) is 14.9. The molecule has 11 aromatic rings. The second-order valence-corrected chi connectivity index (χ2v) is 15.4. The zero-order valence-electron chi connectivity index (χ0n) is 31.7. The van der Waals surface area contributed by atoms with Gasteiger partial charge in [-0.05, 0) is 128 Å². The van der Waals surface area contributed by atoms with Crippen molar-refractivity contribution in [3.8, 4) is 55.9 Å². The molecule has 2 heterocycles. The van der Waals surface area contributed by atoms with Crippen LogP contribution in [0, 0.1) is 0 Å². The molecule has 0 spiro atoms. The number of para-hydroxylation sites is 2. The summed E-state index contributed by atoms with van der Waals surface area (Å²) in [6.07, 6.45) is 0. The van der Waals surface area contributed by atoms with Crippen LogP contribution in [0.4, 0.5) is 0 Å². The van der Waals surface area contributed by atoms with Crippen LogP contribution in [0.15, 0.2) is 213 Å². The summed E-state index contributed by atoms with van der Waals surface area (Å²) < 4.78 is 4.86. The minimum atomic E-state index is 1.10. The van der Waals surface area contributed by atoms with Gasteiger partial charge in [0.1, 0.15) is 0 Å². The second-order valence-electron chi connectivity index (χ2n) is 15.4. The Hall–Kier alpha value is -7.68. The molecule has 0 saturated heterocycles. The van der Waals surface area contributed by atoms with E-state index < -0.39 is 0 Å². The van der Waals surface area contributed by atoms with E-state index in [1.165, 1.54) is 99.2 Å². The van der Waals surface area contributed by atoms with E-state index in [-0.39, 0.29) is 0 Å². The molecule has 270 valence electrons. The van der Waals surface area contributed by atoms with E-state index in [4.69, 9.17) is 0 Å². The molecule has 1 aliphatic carbocycles. The van der Waals surface area contributed by atoms with Gasteiger partial charge in [0.2, 0.25) is 0 Å². The van der Waals surface area contributed by atoms with Gasteiger partial charge in [-0.1, -0.05) is 146 Å². The summed E-state index contributed by atoms with van der Waals surface area (Å²) >= 11 is 0. The van der Waals surface area contributed by atoms with Crippen molar-refractivity contribution in [2.24, 2.45) is 0 Å². The van der Waals surface area contributed by atoms with Crippen LogP contribution in [0.25, 0.3) is 105 Å². The molecule has 1 aliphatic rings. The second kappa shape index (κ2) is 12.7. The van der Waals surface area contributed by atoms with Gasteiger partial charge in [0.25, 0.3) is 0 Å². The zero-order valence-corrected chi connectivity index (χ0v) is 31.7. The molecule has 0 bridgehead atoms. The molecular formula is C56H36N2. The number of aromatic nitrogens is 2. The molecule has 9 aromatic carbocycles. The fourth-order valence-corrected chi connectivity index (χ4v) is 9.54. The van der Waals surface area contributed by atoms with Crippen LogP contribution in [0.2, 0.25) is 0 Å². The van der Waals surface area contributed by atoms with Crippen LogP contribution in [-0.2, 0) is 0 Å². The highest BCUT2D eigenvalue weighted by atomic mass is 15.0. The lowest BCUT2D eigenvalue weighted by atomic mass is 9.93. The Balaban J connectivity index is 1.08. The van der Waals surface area contributed by atoms with Gasteiger partial charge in [-0.25, -0.2) is 0 Å². The Morgan fingerprint density at radius 2 is 0.845 bits per heavy atom. The molecule has 58 heavy (non-hydrogen) atoms. The van der Waals surface area contributed by atoms with Crippen molar-refractivity contribution in [3.63, 3.8) is 0 Å². The van der Waals surface area contributed by atoms with Crippen LogP contribution in [-0.4, -0.2) is 9.13 Å². The van der Waals surface area contributed by atoms with Gasteiger partial charge in [0, 0.05) is 32.9 Å². The lowest BCUT2D eigenvalue weighted by Crippen LogP contribution is -1.95. The van der Waals surface area contributed by atoms with Crippen LogP contribution in [0.3, 0.4) is 0 Å². The third-order valence-corrected chi connectivity index (χ3v) is 12.2. The summed E-state index contributed by atoms with van der Waals surface area (Å²) in [6, 6.07) is 75.4. The number of rotatable bonds is 5. The molecule has 0 unspecified atom stereocenters. The molecule has 0 aliphatic heterocycles. The summed E-state index contributed by atoms with van der Waals surface area (Å²) in [4.78, 5) is 0. The summed E-state index contributed by atoms with van der Waals surface area (Å²) in [5, 5.41) is 4.97. The van der Waals surface area contributed by atoms with Crippen LogP contribution < -0.4 is 0 Å². The average Bonchev–Trinajstić information content (AvgIpc) is 3.91. The van der Waals surface area contributed by atoms with Crippen molar-refractivity contribution in [2.45, 2.75) is 0 Å². The first-order valence-electron chi connectivity index (χ1n) is 20.0. The maximum atomic E-state index is 4.45. The first-order valence-corrected chi connectivity index (χ1v) is 20.0. The highest BCUT2D eigenvalue weighted by Crippen LogP contribution is 2.46. The van der Waals surface area contributed by atoms with Crippen LogP contribution in [0.1, 0.15) is 11.1 Å². The van der Waals surface area contributed by atoms with Crippen molar-refractivity contribution >= 4 is 49.2 Å². The smallest absolute Gasteiger partial charge is 0.0553 e. The molecule has 0 atom stereocenters. The third kappa shape index (κ3) is 4.85. The van der Waals surface area contributed by atoms with Crippen LogP contribution >= 0.6 is 0 Å². The highest BCUT2D eigenvalue weighted by molar-refractivity contribution is 6.18. The molecule has 2 nitrogen and oxygen atoms in total. The maximum Gasteiger partial charge on any atom is 0.0553 e. The lowest BCUT2D eigenvalue weighted by molar-refractivity contribution is 1.18. The van der Waals surface area contributed by atoms with Gasteiger partial charge in [0.15, 0.2) is 0 Å². The Bertz CT molecular complexity index is 3440. The highest BCUT2D eigenvalue weighted by Gasteiger charge is 2.24. The van der Waals surface area contributed by atoms with E-state index in [1.807, 2.05) is 0 Å². The summed E-state index contributed by atoms with van der Waals surface area (Å²) in [5.41, 5.74) is 20.3. The minimum Gasteiger partial charge on any atom is -0.309 e. The van der Waals surface area contributed by atoms with Crippen molar-refractivity contribution < 1.29 is 0 Å². The molecule has 0 radical (unpaired) electrons. The van der Waals surface area contributed by atoms with E-state index in [0.717, 1.165) is 16.9 Å². The van der Waals surface area contributed by atoms with Crippen molar-refractivity contribution in [1.82, 2.24) is 9.13 Å². The van der Waals surface area contributed by atoms with Gasteiger partial charge in [-0.15, -0.1) is 0 Å². The third-order valence-electron chi connectivity index (χ3n) is 12.2. The van der Waals surface area contributed by atoms with Gasteiger partial charge >= 0.3 is 0 Å². The predicted molar refractivity (Wildman–Crippen MR) is 245 cm³/mol. The summed E-state index contributed by atoms with van der Waals surface area (Å²) in [7, 11) is 0. The van der Waals surface area contributed by atoms with Gasteiger partial charge < -0.3 is 9.13 Å². The number of fused-ring (bicyclic) bond motifs is 9. The molecule has 0 N–H and O–H groups in total. The Labute approximate surface area is 336 Å². The summed E-state index contributed by atoms with van der Waals surface area (Å²) in [6.45, 7) is 4.45. The fourth-order valence-electron chi connectivity index (χ4n) is 9.54. The molecule has 0 fully saturated rings. The van der Waals surface area contributed by atoms with Crippen LogP contribution in [0.5, 0.6) is 0 Å². The first kappa shape index (κ1) is 32.6. The van der Waals surface area contributed by atoms with Gasteiger partial charge in [-0.3, -0.25) is 0 Å². The molecular weight excluding hydrogens is 701 g/mol. The molecule has 0 amide bonds. The van der Waals surface area contributed by atoms with E-state index in [0.29, 0.717) is 0 Å². The quantitative estimate of drug-likeness (QED) is 0.167. The Kier molecular flexibility index (Phi) is 7.11. The van der Waals surface area contributed by atoms with Gasteiger partial charge in [0.05, 0.1) is 22.1 Å². The van der Waals surface area contributed by atoms with E-state index in [9.17, 15) is 0 Å². The van der Waals surface area contributed by atoms with E-state index >= 15 is 0 Å². The Morgan fingerprint density at radius 3 is 1.60 bits per heavy atom. The molecule has 2 heteroatoms. The number of nitrogens with zero attached hydrogens (tertiary/aromatic N) is 2. The number of hydrogen-bond acceptors (Lipinski definition) is 0. The SMILES string of the molecule is C=C1c2ccccc2-c2cc(-n3c4ccccc4c4cc(-c5ccc6c(c5)c5c(-c7ccccc7)cc(-c7ccccc7)cc5n6-c5ccccc5)ccc43)ccc21. The van der Waals surface area contributed by atoms with Gasteiger partial charge in [-0.2, -0.15) is 0 Å². The lowest BCUT2D eigenvalue weighted by Gasteiger charge is -2.12. The maximum absolute atomic E-state index is 4.45. The topological polar surface area (TPSA) is 9.86 Å². The van der Waals surface area contributed by atoms with E-state index in [2.05, 4.69) is 222 Å². The summed E-state index contributed by atoms with van der Waals surface area (Å²) in [5.74, 6) is 0. The molecule has 12 rings (SSSR count).